The Kier molecular flexibility index (Phi) is 4.13. The first-order valence-electron chi connectivity index (χ1n) is 5.30. The first-order chi connectivity index (χ1) is 7.43. The standard InChI is InChI=1S/C11H18BrN3O/c1-5-11(3,7-12)14-10(16)9-6-13-15(4)8(9)2/h6H,5,7H2,1-4H3,(H,14,16). The number of rotatable bonds is 4. The molecule has 5 heteroatoms. The minimum absolute atomic E-state index is 0.0607. The second-order valence-electron chi connectivity index (χ2n) is 4.27. The molecular weight excluding hydrogens is 270 g/mol. The molecule has 1 heterocycles. The fourth-order valence-corrected chi connectivity index (χ4v) is 1.82. The van der Waals surface area contributed by atoms with Crippen LogP contribution in [0.2, 0.25) is 0 Å². The molecular formula is C11H18BrN3O. The number of nitrogens with zero attached hydrogens (tertiary/aromatic N) is 2. The van der Waals surface area contributed by atoms with Gasteiger partial charge in [-0.1, -0.05) is 22.9 Å². The number of aromatic nitrogens is 2. The third kappa shape index (κ3) is 2.64. The Labute approximate surface area is 105 Å². The normalized spacial score (nSPS) is 14.6. The van der Waals surface area contributed by atoms with Gasteiger partial charge in [-0.2, -0.15) is 5.10 Å². The van der Waals surface area contributed by atoms with E-state index in [2.05, 4.69) is 33.3 Å². The predicted octanol–water partition coefficient (Wildman–Crippen LogP) is 2.02. The molecule has 0 aliphatic heterocycles. The van der Waals surface area contributed by atoms with Crippen molar-refractivity contribution in [3.63, 3.8) is 0 Å². The molecule has 90 valence electrons. The molecule has 1 N–H and O–H groups in total. The first-order valence-corrected chi connectivity index (χ1v) is 6.42. The van der Waals surface area contributed by atoms with E-state index in [1.807, 2.05) is 20.9 Å². The van der Waals surface area contributed by atoms with Gasteiger partial charge in [-0.15, -0.1) is 0 Å². The van der Waals surface area contributed by atoms with Crippen molar-refractivity contribution in [2.75, 3.05) is 5.33 Å². The van der Waals surface area contributed by atoms with Crippen molar-refractivity contribution in [2.24, 2.45) is 7.05 Å². The van der Waals surface area contributed by atoms with E-state index in [9.17, 15) is 4.79 Å². The molecule has 0 aliphatic carbocycles. The van der Waals surface area contributed by atoms with Crippen molar-refractivity contribution in [1.82, 2.24) is 15.1 Å². The van der Waals surface area contributed by atoms with E-state index in [0.717, 1.165) is 17.4 Å². The largest absolute Gasteiger partial charge is 0.346 e. The number of carbonyl (C=O) groups excluding carboxylic acids is 1. The third-order valence-electron chi connectivity index (χ3n) is 2.97. The molecule has 1 rings (SSSR count). The van der Waals surface area contributed by atoms with Gasteiger partial charge in [-0.25, -0.2) is 0 Å². The monoisotopic (exact) mass is 287 g/mol. The lowest BCUT2D eigenvalue weighted by Gasteiger charge is -2.27. The van der Waals surface area contributed by atoms with Crippen molar-refractivity contribution in [3.8, 4) is 0 Å². The van der Waals surface area contributed by atoms with Crippen LogP contribution in [0.15, 0.2) is 6.20 Å². The molecule has 4 nitrogen and oxygen atoms in total. The lowest BCUT2D eigenvalue weighted by Crippen LogP contribution is -2.47. The summed E-state index contributed by atoms with van der Waals surface area (Å²) in [4.78, 5) is 12.0. The van der Waals surface area contributed by atoms with Gasteiger partial charge in [-0.05, 0) is 20.3 Å². The van der Waals surface area contributed by atoms with Gasteiger partial charge in [0, 0.05) is 23.6 Å². The number of alkyl halides is 1. The Morgan fingerprint density at radius 2 is 2.31 bits per heavy atom. The molecule has 0 saturated heterocycles. The lowest BCUT2D eigenvalue weighted by molar-refractivity contribution is 0.0912. The molecule has 0 saturated carbocycles. The van der Waals surface area contributed by atoms with E-state index in [1.165, 1.54) is 0 Å². The highest BCUT2D eigenvalue weighted by Gasteiger charge is 2.24. The SMILES string of the molecule is CCC(C)(CBr)NC(=O)c1cnn(C)c1C. The van der Waals surface area contributed by atoms with Crippen LogP contribution in [0, 0.1) is 6.92 Å². The smallest absolute Gasteiger partial charge is 0.255 e. The van der Waals surface area contributed by atoms with E-state index in [-0.39, 0.29) is 11.4 Å². The van der Waals surface area contributed by atoms with Gasteiger partial charge in [0.2, 0.25) is 0 Å². The maximum atomic E-state index is 12.0. The quantitative estimate of drug-likeness (QED) is 0.862. The van der Waals surface area contributed by atoms with Crippen LogP contribution in [0.25, 0.3) is 0 Å². The molecule has 0 aliphatic rings. The Hall–Kier alpha value is -0.840. The molecule has 1 aromatic rings. The van der Waals surface area contributed by atoms with Crippen LogP contribution in [-0.2, 0) is 7.05 Å². The predicted molar refractivity (Wildman–Crippen MR) is 67.9 cm³/mol. The van der Waals surface area contributed by atoms with Crippen molar-refractivity contribution < 1.29 is 4.79 Å². The second-order valence-corrected chi connectivity index (χ2v) is 4.83. The molecule has 1 atom stereocenters. The zero-order chi connectivity index (χ0) is 12.3. The minimum atomic E-state index is -0.209. The van der Waals surface area contributed by atoms with Crippen LogP contribution in [0.1, 0.15) is 36.3 Å². The minimum Gasteiger partial charge on any atom is -0.346 e. The molecule has 1 amide bonds. The highest BCUT2D eigenvalue weighted by atomic mass is 79.9. The molecule has 0 fully saturated rings. The number of carbonyl (C=O) groups is 1. The first kappa shape index (κ1) is 13.2. The van der Waals surface area contributed by atoms with E-state index >= 15 is 0 Å². The Morgan fingerprint density at radius 1 is 1.69 bits per heavy atom. The highest BCUT2D eigenvalue weighted by Crippen LogP contribution is 2.14. The fraction of sp³-hybridized carbons (Fsp3) is 0.636. The van der Waals surface area contributed by atoms with Gasteiger partial charge >= 0.3 is 0 Å². The second kappa shape index (κ2) is 4.99. The number of nitrogens with one attached hydrogen (secondary N) is 1. The van der Waals surface area contributed by atoms with Gasteiger partial charge in [0.15, 0.2) is 0 Å². The summed E-state index contributed by atoms with van der Waals surface area (Å²) in [7, 11) is 1.83. The Balaban J connectivity index is 2.84. The van der Waals surface area contributed by atoms with Crippen molar-refractivity contribution in [2.45, 2.75) is 32.7 Å². The highest BCUT2D eigenvalue weighted by molar-refractivity contribution is 9.09. The number of amides is 1. The van der Waals surface area contributed by atoms with Gasteiger partial charge in [0.05, 0.1) is 11.8 Å². The van der Waals surface area contributed by atoms with Crippen LogP contribution in [0.4, 0.5) is 0 Å². The van der Waals surface area contributed by atoms with Crippen LogP contribution in [-0.4, -0.2) is 26.6 Å². The average molecular weight is 288 g/mol. The molecule has 1 unspecified atom stereocenters. The lowest BCUT2D eigenvalue weighted by atomic mass is 10.0. The number of halogens is 1. The molecule has 0 spiro atoms. The van der Waals surface area contributed by atoms with Crippen LogP contribution in [0.5, 0.6) is 0 Å². The van der Waals surface area contributed by atoms with Crippen LogP contribution >= 0.6 is 15.9 Å². The van der Waals surface area contributed by atoms with E-state index in [4.69, 9.17) is 0 Å². The van der Waals surface area contributed by atoms with Gasteiger partial charge in [0.1, 0.15) is 0 Å². The van der Waals surface area contributed by atoms with Crippen LogP contribution < -0.4 is 5.32 Å². The summed E-state index contributed by atoms with van der Waals surface area (Å²) in [6.45, 7) is 5.96. The summed E-state index contributed by atoms with van der Waals surface area (Å²) in [5, 5.41) is 7.82. The molecule has 16 heavy (non-hydrogen) atoms. The molecule has 1 aromatic heterocycles. The van der Waals surface area contributed by atoms with Crippen molar-refractivity contribution in [1.29, 1.82) is 0 Å². The van der Waals surface area contributed by atoms with E-state index < -0.39 is 0 Å². The number of hydrogen-bond donors (Lipinski definition) is 1. The molecule has 0 radical (unpaired) electrons. The van der Waals surface area contributed by atoms with Crippen molar-refractivity contribution in [3.05, 3.63) is 17.5 Å². The third-order valence-corrected chi connectivity index (χ3v) is 4.21. The van der Waals surface area contributed by atoms with Gasteiger partial charge in [0.25, 0.3) is 5.91 Å². The molecule has 0 aromatic carbocycles. The Bertz CT molecular complexity index is 383. The summed E-state index contributed by atoms with van der Waals surface area (Å²) in [6.07, 6.45) is 2.48. The zero-order valence-corrected chi connectivity index (χ0v) is 11.8. The zero-order valence-electron chi connectivity index (χ0n) is 10.2. The van der Waals surface area contributed by atoms with Gasteiger partial charge < -0.3 is 5.32 Å². The van der Waals surface area contributed by atoms with Crippen molar-refractivity contribution >= 4 is 21.8 Å². The fourth-order valence-electron chi connectivity index (χ4n) is 1.28. The van der Waals surface area contributed by atoms with E-state index in [0.29, 0.717) is 5.56 Å². The summed E-state index contributed by atoms with van der Waals surface area (Å²) in [5.41, 5.74) is 1.31. The Morgan fingerprint density at radius 3 is 2.69 bits per heavy atom. The van der Waals surface area contributed by atoms with Crippen LogP contribution in [0.3, 0.4) is 0 Å². The summed E-state index contributed by atoms with van der Waals surface area (Å²) >= 11 is 3.42. The molecule has 0 bridgehead atoms. The number of hydrogen-bond acceptors (Lipinski definition) is 2. The summed E-state index contributed by atoms with van der Waals surface area (Å²) in [6, 6.07) is 0. The topological polar surface area (TPSA) is 46.9 Å². The summed E-state index contributed by atoms with van der Waals surface area (Å²) in [5.74, 6) is -0.0607. The van der Waals surface area contributed by atoms with Gasteiger partial charge in [-0.3, -0.25) is 9.48 Å². The number of aryl methyl sites for hydroxylation is 1. The van der Waals surface area contributed by atoms with E-state index in [1.54, 1.807) is 10.9 Å². The maximum Gasteiger partial charge on any atom is 0.255 e. The summed E-state index contributed by atoms with van der Waals surface area (Å²) < 4.78 is 1.70. The maximum absolute atomic E-state index is 12.0. The average Bonchev–Trinajstić information content (AvgIpc) is 2.59.